The number of hydrogen-bond acceptors (Lipinski definition) is 4. The van der Waals surface area contributed by atoms with Gasteiger partial charge in [0.05, 0.1) is 6.21 Å². The van der Waals surface area contributed by atoms with Crippen LogP contribution in [0.15, 0.2) is 86.8 Å². The van der Waals surface area contributed by atoms with Gasteiger partial charge >= 0.3 is 0 Å². The van der Waals surface area contributed by atoms with Gasteiger partial charge < -0.3 is 9.47 Å². The number of hydrogen-bond donors (Lipinski definition) is 1. The van der Waals surface area contributed by atoms with Crippen LogP contribution in [0, 0.1) is 0 Å². The SMILES string of the molecule is C[C@H](Oc1ccc(Br)cc1)C(=O)N/N=C\c1ccccc1OCc1cccc(Br)c1. The zero-order chi connectivity index (χ0) is 21.3. The van der Waals surface area contributed by atoms with Gasteiger partial charge in [-0.2, -0.15) is 5.10 Å². The second-order valence-corrected chi connectivity index (χ2v) is 8.24. The fourth-order valence-electron chi connectivity index (χ4n) is 2.53. The van der Waals surface area contributed by atoms with Crippen LogP contribution in [0.3, 0.4) is 0 Å². The molecule has 0 unspecified atom stereocenters. The second-order valence-electron chi connectivity index (χ2n) is 6.40. The van der Waals surface area contributed by atoms with Crippen LogP contribution < -0.4 is 14.9 Å². The molecular formula is C23H20Br2N2O3. The first-order valence-corrected chi connectivity index (χ1v) is 10.8. The van der Waals surface area contributed by atoms with Crippen molar-refractivity contribution in [1.29, 1.82) is 0 Å². The molecule has 3 rings (SSSR count). The monoisotopic (exact) mass is 530 g/mol. The summed E-state index contributed by atoms with van der Waals surface area (Å²) in [6.45, 7) is 2.09. The van der Waals surface area contributed by atoms with Gasteiger partial charge in [0.1, 0.15) is 18.1 Å². The molecule has 1 N–H and O–H groups in total. The third-order valence-corrected chi connectivity index (χ3v) is 5.10. The van der Waals surface area contributed by atoms with Crippen LogP contribution in [0.4, 0.5) is 0 Å². The van der Waals surface area contributed by atoms with Crippen molar-refractivity contribution >= 4 is 44.0 Å². The van der Waals surface area contributed by atoms with Crippen molar-refractivity contribution in [3.63, 3.8) is 0 Å². The number of benzene rings is 3. The Morgan fingerprint density at radius 3 is 2.57 bits per heavy atom. The summed E-state index contributed by atoms with van der Waals surface area (Å²) in [5.41, 5.74) is 4.31. The maximum atomic E-state index is 12.2. The maximum absolute atomic E-state index is 12.2. The minimum Gasteiger partial charge on any atom is -0.488 e. The first-order chi connectivity index (χ1) is 14.5. The van der Waals surface area contributed by atoms with Gasteiger partial charge in [0, 0.05) is 14.5 Å². The highest BCUT2D eigenvalue weighted by Gasteiger charge is 2.14. The van der Waals surface area contributed by atoms with Crippen LogP contribution in [-0.4, -0.2) is 18.2 Å². The van der Waals surface area contributed by atoms with E-state index in [1.54, 1.807) is 25.3 Å². The lowest BCUT2D eigenvalue weighted by Crippen LogP contribution is -2.33. The van der Waals surface area contributed by atoms with Crippen molar-refractivity contribution in [2.45, 2.75) is 19.6 Å². The number of rotatable bonds is 8. The molecule has 0 aliphatic rings. The van der Waals surface area contributed by atoms with E-state index in [-0.39, 0.29) is 5.91 Å². The predicted octanol–water partition coefficient (Wildman–Crippen LogP) is 5.71. The maximum Gasteiger partial charge on any atom is 0.280 e. The quantitative estimate of drug-likeness (QED) is 0.299. The Morgan fingerprint density at radius 1 is 1.03 bits per heavy atom. The zero-order valence-electron chi connectivity index (χ0n) is 16.2. The van der Waals surface area contributed by atoms with E-state index in [1.165, 1.54) is 0 Å². The average molecular weight is 532 g/mol. The van der Waals surface area contributed by atoms with Gasteiger partial charge in [-0.05, 0) is 61.0 Å². The van der Waals surface area contributed by atoms with Gasteiger partial charge in [-0.1, -0.05) is 56.1 Å². The Balaban J connectivity index is 1.56. The standard InChI is InChI=1S/C23H20Br2N2O3/c1-16(30-21-11-9-19(24)10-12-21)23(28)27-26-14-18-6-2-3-8-22(18)29-15-17-5-4-7-20(25)13-17/h2-14,16H,15H2,1H3,(H,27,28)/b26-14-/t16-/m0/s1. The third kappa shape index (κ3) is 6.71. The number of para-hydroxylation sites is 1. The Labute approximate surface area is 192 Å². The Morgan fingerprint density at radius 2 is 1.80 bits per heavy atom. The summed E-state index contributed by atoms with van der Waals surface area (Å²) in [6.07, 6.45) is 0.867. The fourth-order valence-corrected chi connectivity index (χ4v) is 3.24. The molecule has 0 spiro atoms. The number of amides is 1. The van der Waals surface area contributed by atoms with Gasteiger partial charge in [0.25, 0.3) is 5.91 Å². The van der Waals surface area contributed by atoms with Crippen molar-refractivity contribution in [1.82, 2.24) is 5.43 Å². The topological polar surface area (TPSA) is 59.9 Å². The number of carbonyl (C=O) groups excluding carboxylic acids is 1. The largest absolute Gasteiger partial charge is 0.488 e. The molecule has 30 heavy (non-hydrogen) atoms. The number of hydrazone groups is 1. The highest BCUT2D eigenvalue weighted by atomic mass is 79.9. The lowest BCUT2D eigenvalue weighted by atomic mass is 10.2. The first-order valence-electron chi connectivity index (χ1n) is 9.22. The van der Waals surface area contributed by atoms with Gasteiger partial charge in [0.15, 0.2) is 6.10 Å². The summed E-state index contributed by atoms with van der Waals surface area (Å²) in [5.74, 6) is 0.937. The Hall–Kier alpha value is -2.64. The molecule has 1 atom stereocenters. The van der Waals surface area contributed by atoms with Crippen molar-refractivity contribution in [3.8, 4) is 11.5 Å². The summed E-state index contributed by atoms with van der Waals surface area (Å²) in [6, 6.07) is 22.7. The predicted molar refractivity (Wildman–Crippen MR) is 125 cm³/mol. The summed E-state index contributed by atoms with van der Waals surface area (Å²) in [5, 5.41) is 4.05. The Kier molecular flexibility index (Phi) is 8.04. The fraction of sp³-hybridized carbons (Fsp3) is 0.130. The van der Waals surface area contributed by atoms with Gasteiger partial charge in [-0.15, -0.1) is 0 Å². The molecular weight excluding hydrogens is 512 g/mol. The van der Waals surface area contributed by atoms with Crippen molar-refractivity contribution in [3.05, 3.63) is 92.9 Å². The first kappa shape index (κ1) is 22.1. The van der Waals surface area contributed by atoms with Crippen molar-refractivity contribution in [2.75, 3.05) is 0 Å². The third-order valence-electron chi connectivity index (χ3n) is 4.08. The number of ether oxygens (including phenoxy) is 2. The van der Waals surface area contributed by atoms with Crippen LogP contribution in [0.2, 0.25) is 0 Å². The van der Waals surface area contributed by atoms with E-state index in [9.17, 15) is 4.79 Å². The van der Waals surface area contributed by atoms with Crippen LogP contribution in [0.1, 0.15) is 18.1 Å². The molecule has 0 saturated carbocycles. The van der Waals surface area contributed by atoms with Gasteiger partial charge in [0.2, 0.25) is 0 Å². The molecule has 0 heterocycles. The number of nitrogens with zero attached hydrogens (tertiary/aromatic N) is 1. The zero-order valence-corrected chi connectivity index (χ0v) is 19.4. The molecule has 5 nitrogen and oxygen atoms in total. The molecule has 0 fully saturated rings. The van der Waals surface area contributed by atoms with Crippen LogP contribution in [-0.2, 0) is 11.4 Å². The number of halogens is 2. The second kappa shape index (κ2) is 10.9. The molecule has 3 aromatic carbocycles. The number of carbonyl (C=O) groups is 1. The molecule has 3 aromatic rings. The average Bonchev–Trinajstić information content (AvgIpc) is 2.74. The molecule has 7 heteroatoms. The van der Waals surface area contributed by atoms with E-state index in [2.05, 4.69) is 42.4 Å². The smallest absolute Gasteiger partial charge is 0.280 e. The summed E-state index contributed by atoms with van der Waals surface area (Å²) < 4.78 is 13.5. The van der Waals surface area contributed by atoms with Crippen molar-refractivity contribution in [2.24, 2.45) is 5.10 Å². The summed E-state index contributed by atoms with van der Waals surface area (Å²) >= 11 is 6.82. The minimum absolute atomic E-state index is 0.346. The van der Waals surface area contributed by atoms with E-state index in [1.807, 2.05) is 60.7 Å². The van der Waals surface area contributed by atoms with E-state index < -0.39 is 6.10 Å². The minimum atomic E-state index is -0.689. The molecule has 1 amide bonds. The highest BCUT2D eigenvalue weighted by molar-refractivity contribution is 9.10. The molecule has 0 bridgehead atoms. The number of nitrogens with one attached hydrogen (secondary N) is 1. The lowest BCUT2D eigenvalue weighted by Gasteiger charge is -2.13. The van der Waals surface area contributed by atoms with Crippen LogP contribution in [0.5, 0.6) is 11.5 Å². The summed E-state index contributed by atoms with van der Waals surface area (Å²) in [7, 11) is 0. The van der Waals surface area contributed by atoms with Gasteiger partial charge in [-0.3, -0.25) is 4.79 Å². The van der Waals surface area contributed by atoms with Gasteiger partial charge in [-0.25, -0.2) is 5.43 Å². The molecule has 0 aromatic heterocycles. The summed E-state index contributed by atoms with van der Waals surface area (Å²) in [4.78, 5) is 12.2. The van der Waals surface area contributed by atoms with E-state index >= 15 is 0 Å². The van der Waals surface area contributed by atoms with Crippen LogP contribution in [0.25, 0.3) is 0 Å². The van der Waals surface area contributed by atoms with E-state index in [0.717, 1.165) is 20.1 Å². The molecule has 0 saturated heterocycles. The molecule has 0 radical (unpaired) electrons. The van der Waals surface area contributed by atoms with Crippen LogP contribution >= 0.6 is 31.9 Å². The normalized spacial score (nSPS) is 11.8. The van der Waals surface area contributed by atoms with E-state index in [0.29, 0.717) is 18.1 Å². The lowest BCUT2D eigenvalue weighted by molar-refractivity contribution is -0.127. The molecule has 0 aliphatic heterocycles. The Bertz CT molecular complexity index is 1020. The molecule has 0 aliphatic carbocycles. The molecule has 154 valence electrons. The van der Waals surface area contributed by atoms with Crippen molar-refractivity contribution < 1.29 is 14.3 Å². The van der Waals surface area contributed by atoms with E-state index in [4.69, 9.17) is 9.47 Å². The highest BCUT2D eigenvalue weighted by Crippen LogP contribution is 2.19.